The highest BCUT2D eigenvalue weighted by Gasteiger charge is 2.58. The summed E-state index contributed by atoms with van der Waals surface area (Å²) < 4.78 is 0. The molecule has 3 rings (SSSR count). The number of amides is 1. The summed E-state index contributed by atoms with van der Waals surface area (Å²) in [7, 11) is 0. The summed E-state index contributed by atoms with van der Waals surface area (Å²) in [5.41, 5.74) is 4.99. The van der Waals surface area contributed by atoms with Crippen LogP contribution in [0.25, 0.3) is 0 Å². The highest BCUT2D eigenvalue weighted by molar-refractivity contribution is 8.00. The zero-order chi connectivity index (χ0) is 12.9. The zero-order valence-electron chi connectivity index (χ0n) is 10.2. The Balaban J connectivity index is 1.84. The van der Waals surface area contributed by atoms with Gasteiger partial charge in [-0.3, -0.25) is 9.59 Å². The van der Waals surface area contributed by atoms with E-state index in [1.807, 2.05) is 0 Å². The minimum Gasteiger partial charge on any atom is -0.481 e. The third-order valence-electron chi connectivity index (χ3n) is 4.71. The lowest BCUT2D eigenvalue weighted by Gasteiger charge is -2.54. The van der Waals surface area contributed by atoms with E-state index in [4.69, 9.17) is 5.73 Å². The molecule has 100 valence electrons. The minimum atomic E-state index is -0.743. The van der Waals surface area contributed by atoms with Crippen LogP contribution in [0.4, 0.5) is 0 Å². The molecule has 0 aromatic rings. The number of hydrogen-bond acceptors (Lipinski definition) is 4. The summed E-state index contributed by atoms with van der Waals surface area (Å²) in [6, 6.07) is -0.426. The summed E-state index contributed by atoms with van der Waals surface area (Å²) in [4.78, 5) is 25.1. The van der Waals surface area contributed by atoms with Gasteiger partial charge in [0.1, 0.15) is 11.4 Å². The quantitative estimate of drug-likeness (QED) is 0.713. The molecule has 2 heterocycles. The van der Waals surface area contributed by atoms with E-state index in [0.29, 0.717) is 12.3 Å². The fourth-order valence-electron chi connectivity index (χ4n) is 3.53. The maximum atomic E-state index is 11.7. The van der Waals surface area contributed by atoms with Crippen LogP contribution in [0.15, 0.2) is 0 Å². The van der Waals surface area contributed by atoms with E-state index < -0.39 is 17.4 Å². The molecule has 18 heavy (non-hydrogen) atoms. The molecule has 3 atom stereocenters. The van der Waals surface area contributed by atoms with Gasteiger partial charge < -0.3 is 15.7 Å². The van der Waals surface area contributed by atoms with Crippen LogP contribution in [-0.4, -0.2) is 45.6 Å². The van der Waals surface area contributed by atoms with E-state index in [1.165, 1.54) is 0 Å². The molecule has 1 amide bonds. The molecule has 0 spiro atoms. The van der Waals surface area contributed by atoms with Crippen LogP contribution in [0.3, 0.4) is 0 Å². The van der Waals surface area contributed by atoms with Crippen LogP contribution in [0.5, 0.6) is 0 Å². The molecule has 0 bridgehead atoms. The van der Waals surface area contributed by atoms with Gasteiger partial charge in [-0.25, -0.2) is 0 Å². The number of rotatable bonds is 2. The third kappa shape index (κ3) is 1.51. The minimum absolute atomic E-state index is 0.00591. The fraction of sp³-hybridized carbons (Fsp3) is 0.833. The number of β-lactam (4-membered cyclic amide) rings is 1. The standard InChI is InChI=1S/C12H18N2O3S/c13-8-9(15)14-5-12(11(16)17,6-18-10(8)14)7-3-1-2-4-7/h7-8,10H,1-6,13H2,(H,16,17)/t8?,10-,12?/m1/s1. The van der Waals surface area contributed by atoms with Gasteiger partial charge >= 0.3 is 5.97 Å². The molecule has 0 aromatic heterocycles. The molecular formula is C12H18N2O3S. The van der Waals surface area contributed by atoms with Gasteiger partial charge in [0.25, 0.3) is 0 Å². The summed E-state index contributed by atoms with van der Waals surface area (Å²) in [6.45, 7) is 0.358. The van der Waals surface area contributed by atoms with Gasteiger partial charge in [-0.05, 0) is 18.8 Å². The van der Waals surface area contributed by atoms with E-state index in [0.717, 1.165) is 25.7 Å². The number of hydrogen-bond donors (Lipinski definition) is 2. The lowest BCUT2D eigenvalue weighted by atomic mass is 9.74. The second kappa shape index (κ2) is 4.13. The average molecular weight is 270 g/mol. The van der Waals surface area contributed by atoms with E-state index in [1.54, 1.807) is 16.7 Å². The molecule has 2 unspecified atom stereocenters. The van der Waals surface area contributed by atoms with E-state index >= 15 is 0 Å². The molecule has 3 N–H and O–H groups in total. The van der Waals surface area contributed by atoms with Crippen molar-refractivity contribution >= 4 is 23.6 Å². The number of fused-ring (bicyclic) bond motifs is 1. The zero-order valence-corrected chi connectivity index (χ0v) is 11.0. The van der Waals surface area contributed by atoms with E-state index in [9.17, 15) is 14.7 Å². The van der Waals surface area contributed by atoms with Crippen molar-refractivity contribution in [2.75, 3.05) is 12.3 Å². The van der Waals surface area contributed by atoms with Gasteiger partial charge in [-0.15, -0.1) is 11.8 Å². The van der Waals surface area contributed by atoms with Crippen LogP contribution >= 0.6 is 11.8 Å². The Kier molecular flexibility index (Phi) is 2.82. The first-order valence-corrected chi connectivity index (χ1v) is 7.52. The van der Waals surface area contributed by atoms with Gasteiger partial charge in [0.05, 0.1) is 5.41 Å². The SMILES string of the molecule is NC1C(=O)N2CC(C(=O)O)(C3CCCC3)CS[C@H]12. The van der Waals surface area contributed by atoms with E-state index in [2.05, 4.69) is 0 Å². The Morgan fingerprint density at radius 1 is 1.44 bits per heavy atom. The second-order valence-electron chi connectivity index (χ2n) is 5.64. The normalized spacial score (nSPS) is 40.5. The number of nitrogens with zero attached hydrogens (tertiary/aromatic N) is 1. The Bertz CT molecular complexity index is 397. The number of aliphatic carboxylic acids is 1. The van der Waals surface area contributed by atoms with Gasteiger partial charge in [0.15, 0.2) is 0 Å². The number of carboxylic acids is 1. The van der Waals surface area contributed by atoms with Crippen LogP contribution in [-0.2, 0) is 9.59 Å². The van der Waals surface area contributed by atoms with Crippen molar-refractivity contribution in [3.8, 4) is 0 Å². The predicted molar refractivity (Wildman–Crippen MR) is 68.0 cm³/mol. The summed E-state index contributed by atoms with van der Waals surface area (Å²) in [6.07, 6.45) is 4.18. The van der Waals surface area contributed by atoms with Crippen molar-refractivity contribution in [3.05, 3.63) is 0 Å². The van der Waals surface area contributed by atoms with Gasteiger partial charge in [0, 0.05) is 12.3 Å². The number of carbonyl (C=O) groups is 2. The monoisotopic (exact) mass is 270 g/mol. The van der Waals surface area contributed by atoms with Crippen LogP contribution in [0, 0.1) is 11.3 Å². The Morgan fingerprint density at radius 3 is 2.72 bits per heavy atom. The van der Waals surface area contributed by atoms with Crippen molar-refractivity contribution < 1.29 is 14.7 Å². The molecule has 1 aliphatic carbocycles. The molecular weight excluding hydrogens is 252 g/mol. The maximum Gasteiger partial charge on any atom is 0.312 e. The Hall–Kier alpha value is -0.750. The first-order valence-electron chi connectivity index (χ1n) is 6.47. The highest BCUT2D eigenvalue weighted by atomic mass is 32.2. The molecule has 6 heteroatoms. The molecule has 3 aliphatic rings. The summed E-state index contributed by atoms with van der Waals surface area (Å²) in [5.74, 6) is -0.0210. The van der Waals surface area contributed by atoms with Crippen molar-refractivity contribution in [1.29, 1.82) is 0 Å². The number of carbonyl (C=O) groups excluding carboxylic acids is 1. The van der Waals surface area contributed by atoms with Crippen molar-refractivity contribution in [2.24, 2.45) is 17.1 Å². The van der Waals surface area contributed by atoms with Crippen molar-refractivity contribution in [3.63, 3.8) is 0 Å². The third-order valence-corrected chi connectivity index (χ3v) is 6.28. The maximum absolute atomic E-state index is 11.7. The number of carboxylic acid groups (broad SMARTS) is 1. The second-order valence-corrected chi connectivity index (χ2v) is 6.74. The van der Waals surface area contributed by atoms with Crippen molar-refractivity contribution in [2.45, 2.75) is 37.1 Å². The number of thioether (sulfide) groups is 1. The average Bonchev–Trinajstić information content (AvgIpc) is 2.91. The van der Waals surface area contributed by atoms with Crippen LogP contribution in [0.2, 0.25) is 0 Å². The Morgan fingerprint density at radius 2 is 2.11 bits per heavy atom. The summed E-state index contributed by atoms with van der Waals surface area (Å²) in [5, 5.41) is 9.65. The van der Waals surface area contributed by atoms with Crippen LogP contribution < -0.4 is 5.73 Å². The van der Waals surface area contributed by atoms with Gasteiger partial charge in [-0.2, -0.15) is 0 Å². The molecule has 3 fully saturated rings. The smallest absolute Gasteiger partial charge is 0.312 e. The summed E-state index contributed by atoms with van der Waals surface area (Å²) >= 11 is 1.55. The lowest BCUT2D eigenvalue weighted by molar-refractivity contribution is -0.160. The molecule has 0 radical (unpaired) electrons. The molecule has 1 saturated carbocycles. The molecule has 2 aliphatic heterocycles. The molecule has 5 nitrogen and oxygen atoms in total. The first-order chi connectivity index (χ1) is 8.56. The molecule has 2 saturated heterocycles. The lowest BCUT2D eigenvalue weighted by Crippen LogP contribution is -2.72. The van der Waals surface area contributed by atoms with Crippen molar-refractivity contribution in [1.82, 2.24) is 4.90 Å². The fourth-order valence-corrected chi connectivity index (χ4v) is 5.13. The number of nitrogens with two attached hydrogens (primary N) is 1. The van der Waals surface area contributed by atoms with Crippen LogP contribution in [0.1, 0.15) is 25.7 Å². The largest absolute Gasteiger partial charge is 0.481 e. The van der Waals surface area contributed by atoms with Gasteiger partial charge in [0.2, 0.25) is 5.91 Å². The predicted octanol–water partition coefficient (Wildman–Crippen LogP) is 0.490. The topological polar surface area (TPSA) is 83.6 Å². The van der Waals surface area contributed by atoms with E-state index in [-0.39, 0.29) is 17.2 Å². The van der Waals surface area contributed by atoms with Gasteiger partial charge in [-0.1, -0.05) is 12.8 Å². The molecule has 0 aromatic carbocycles. The first kappa shape index (κ1) is 12.3. The highest BCUT2D eigenvalue weighted by Crippen LogP contribution is 2.49. The Labute approximate surface area is 110 Å².